The van der Waals surface area contributed by atoms with E-state index in [-0.39, 0.29) is 5.95 Å². The van der Waals surface area contributed by atoms with Crippen LogP contribution in [0, 0.1) is 0 Å². The van der Waals surface area contributed by atoms with Gasteiger partial charge in [0.25, 0.3) is 0 Å². The lowest BCUT2D eigenvalue weighted by molar-refractivity contribution is 1.18. The van der Waals surface area contributed by atoms with Gasteiger partial charge in [0.15, 0.2) is 0 Å². The monoisotopic (exact) mass is 276 g/mol. The zero-order valence-corrected chi connectivity index (χ0v) is 10.8. The van der Waals surface area contributed by atoms with Crippen LogP contribution in [-0.2, 0) is 0 Å². The minimum atomic E-state index is 0.154. The summed E-state index contributed by atoms with van der Waals surface area (Å²) in [5.41, 5.74) is 6.48. The molecule has 0 bridgehead atoms. The van der Waals surface area contributed by atoms with Crippen molar-refractivity contribution < 1.29 is 0 Å². The van der Waals surface area contributed by atoms with Gasteiger partial charge in [-0.2, -0.15) is 4.98 Å². The third kappa shape index (κ3) is 2.23. The Morgan fingerprint density at radius 2 is 2.06 bits per heavy atom. The number of halogens is 1. The summed E-state index contributed by atoms with van der Waals surface area (Å²) in [5.74, 6) is 0.740. The lowest BCUT2D eigenvalue weighted by Crippen LogP contribution is -1.99. The fraction of sp³-hybridized carbons (Fsp3) is 0. The molecule has 1 aromatic carbocycles. The Hall–Kier alpha value is -1.85. The van der Waals surface area contributed by atoms with E-state index in [1.165, 1.54) is 10.1 Å². The standard InChI is InChI=1S/C12H9ClN4S/c13-10-6-11(17-12(14)16-10)15-8-1-2-9-7(5-8)3-4-18-9/h1-6H,(H3,14,15,16,17). The molecule has 0 saturated heterocycles. The Kier molecular flexibility index (Phi) is 2.77. The Bertz CT molecular complexity index is 690. The van der Waals surface area contributed by atoms with Crippen molar-refractivity contribution >= 4 is 50.5 Å². The first-order valence-electron chi connectivity index (χ1n) is 5.25. The SMILES string of the molecule is Nc1nc(Cl)cc(Nc2ccc3sccc3c2)n1. The quantitative estimate of drug-likeness (QED) is 0.701. The molecule has 0 atom stereocenters. The maximum absolute atomic E-state index is 5.82. The minimum absolute atomic E-state index is 0.154. The van der Waals surface area contributed by atoms with Crippen molar-refractivity contribution in [2.75, 3.05) is 11.1 Å². The molecule has 0 aliphatic carbocycles. The smallest absolute Gasteiger partial charge is 0.223 e. The van der Waals surface area contributed by atoms with Crippen molar-refractivity contribution in [3.05, 3.63) is 40.9 Å². The molecule has 0 amide bonds. The van der Waals surface area contributed by atoms with Crippen LogP contribution in [0.3, 0.4) is 0 Å². The van der Waals surface area contributed by atoms with E-state index < -0.39 is 0 Å². The van der Waals surface area contributed by atoms with E-state index in [2.05, 4.69) is 38.9 Å². The van der Waals surface area contributed by atoms with Gasteiger partial charge in [-0.1, -0.05) is 11.6 Å². The summed E-state index contributed by atoms with van der Waals surface area (Å²) < 4.78 is 1.25. The molecule has 0 radical (unpaired) electrons. The fourth-order valence-electron chi connectivity index (χ4n) is 1.69. The first-order valence-corrected chi connectivity index (χ1v) is 6.51. The van der Waals surface area contributed by atoms with E-state index in [9.17, 15) is 0 Å². The summed E-state index contributed by atoms with van der Waals surface area (Å²) in [6.07, 6.45) is 0. The van der Waals surface area contributed by atoms with E-state index in [4.69, 9.17) is 17.3 Å². The fourth-order valence-corrected chi connectivity index (χ4v) is 2.65. The minimum Gasteiger partial charge on any atom is -0.368 e. The molecule has 3 N–H and O–H groups in total. The zero-order chi connectivity index (χ0) is 12.5. The molecule has 0 saturated carbocycles. The number of nitrogen functional groups attached to an aromatic ring is 1. The summed E-state index contributed by atoms with van der Waals surface area (Å²) in [6, 6.07) is 9.82. The highest BCUT2D eigenvalue weighted by Crippen LogP contribution is 2.26. The van der Waals surface area contributed by atoms with Crippen LogP contribution in [0.25, 0.3) is 10.1 Å². The van der Waals surface area contributed by atoms with Crippen molar-refractivity contribution in [3.8, 4) is 0 Å². The van der Waals surface area contributed by atoms with Gasteiger partial charge >= 0.3 is 0 Å². The average molecular weight is 277 g/mol. The van der Waals surface area contributed by atoms with Crippen LogP contribution >= 0.6 is 22.9 Å². The molecule has 0 spiro atoms. The first kappa shape index (κ1) is 11.3. The highest BCUT2D eigenvalue weighted by Gasteiger charge is 2.02. The first-order chi connectivity index (χ1) is 8.70. The van der Waals surface area contributed by atoms with Gasteiger partial charge < -0.3 is 11.1 Å². The van der Waals surface area contributed by atoms with Crippen molar-refractivity contribution in [1.82, 2.24) is 9.97 Å². The van der Waals surface area contributed by atoms with Gasteiger partial charge in [-0.05, 0) is 35.0 Å². The van der Waals surface area contributed by atoms with E-state index in [1.54, 1.807) is 17.4 Å². The van der Waals surface area contributed by atoms with Gasteiger partial charge in [-0.15, -0.1) is 11.3 Å². The number of benzene rings is 1. The van der Waals surface area contributed by atoms with E-state index >= 15 is 0 Å². The van der Waals surface area contributed by atoms with Crippen LogP contribution in [0.5, 0.6) is 0 Å². The Morgan fingerprint density at radius 3 is 2.89 bits per heavy atom. The molecule has 90 valence electrons. The third-order valence-corrected chi connectivity index (χ3v) is 3.53. The van der Waals surface area contributed by atoms with Gasteiger partial charge in [-0.3, -0.25) is 0 Å². The number of thiophene rings is 1. The molecule has 4 nitrogen and oxygen atoms in total. The number of aromatic nitrogens is 2. The van der Waals surface area contributed by atoms with Crippen LogP contribution < -0.4 is 11.1 Å². The van der Waals surface area contributed by atoms with Gasteiger partial charge in [0.1, 0.15) is 11.0 Å². The van der Waals surface area contributed by atoms with E-state index in [0.717, 1.165) is 5.69 Å². The molecule has 2 heterocycles. The normalized spacial score (nSPS) is 10.7. The predicted octanol–water partition coefficient (Wildman–Crippen LogP) is 3.67. The van der Waals surface area contributed by atoms with Gasteiger partial charge in [0.05, 0.1) is 0 Å². The van der Waals surface area contributed by atoms with Crippen molar-refractivity contribution in [1.29, 1.82) is 0 Å². The summed E-state index contributed by atoms with van der Waals surface area (Å²) >= 11 is 7.54. The Morgan fingerprint density at radius 1 is 1.17 bits per heavy atom. The summed E-state index contributed by atoms with van der Waals surface area (Å²) in [4.78, 5) is 7.88. The lowest BCUT2D eigenvalue weighted by atomic mass is 10.2. The van der Waals surface area contributed by atoms with Gasteiger partial charge in [0, 0.05) is 16.5 Å². The van der Waals surface area contributed by atoms with Crippen molar-refractivity contribution in [3.63, 3.8) is 0 Å². The number of nitrogens with two attached hydrogens (primary N) is 1. The van der Waals surface area contributed by atoms with Crippen molar-refractivity contribution in [2.24, 2.45) is 0 Å². The number of fused-ring (bicyclic) bond motifs is 1. The molecule has 0 fully saturated rings. The van der Waals surface area contributed by atoms with Gasteiger partial charge in [-0.25, -0.2) is 4.98 Å². The van der Waals surface area contributed by atoms with E-state index in [1.807, 2.05) is 6.07 Å². The molecular formula is C12H9ClN4S. The number of nitrogens with zero attached hydrogens (tertiary/aromatic N) is 2. The topological polar surface area (TPSA) is 63.8 Å². The molecule has 18 heavy (non-hydrogen) atoms. The van der Waals surface area contributed by atoms with Crippen LogP contribution in [-0.4, -0.2) is 9.97 Å². The molecule has 0 aliphatic rings. The summed E-state index contributed by atoms with van der Waals surface area (Å²) in [5, 5.41) is 6.73. The highest BCUT2D eigenvalue weighted by molar-refractivity contribution is 7.17. The molecule has 3 aromatic rings. The third-order valence-electron chi connectivity index (χ3n) is 2.44. The average Bonchev–Trinajstić information content (AvgIpc) is 2.74. The second kappa shape index (κ2) is 4.44. The molecular weight excluding hydrogens is 268 g/mol. The number of nitrogens with one attached hydrogen (secondary N) is 1. The number of anilines is 3. The highest BCUT2D eigenvalue weighted by atomic mass is 35.5. The number of hydrogen-bond acceptors (Lipinski definition) is 5. The molecule has 2 aromatic heterocycles. The van der Waals surface area contributed by atoms with Crippen LogP contribution in [0.4, 0.5) is 17.5 Å². The molecule has 0 unspecified atom stereocenters. The van der Waals surface area contributed by atoms with Crippen molar-refractivity contribution in [2.45, 2.75) is 0 Å². The number of rotatable bonds is 2. The maximum atomic E-state index is 5.82. The summed E-state index contributed by atoms with van der Waals surface area (Å²) in [7, 11) is 0. The summed E-state index contributed by atoms with van der Waals surface area (Å²) in [6.45, 7) is 0. The number of hydrogen-bond donors (Lipinski definition) is 2. The Balaban J connectivity index is 1.95. The second-order valence-electron chi connectivity index (χ2n) is 3.73. The van der Waals surface area contributed by atoms with Crippen LogP contribution in [0.2, 0.25) is 5.15 Å². The Labute approximate surface area is 112 Å². The molecule has 6 heteroatoms. The van der Waals surface area contributed by atoms with Crippen LogP contribution in [0.15, 0.2) is 35.7 Å². The molecule has 3 rings (SSSR count). The predicted molar refractivity (Wildman–Crippen MR) is 76.6 cm³/mol. The van der Waals surface area contributed by atoms with E-state index in [0.29, 0.717) is 11.0 Å². The molecule has 0 aliphatic heterocycles. The van der Waals surface area contributed by atoms with Gasteiger partial charge in [0.2, 0.25) is 5.95 Å². The largest absolute Gasteiger partial charge is 0.368 e. The second-order valence-corrected chi connectivity index (χ2v) is 5.07. The maximum Gasteiger partial charge on any atom is 0.223 e. The zero-order valence-electron chi connectivity index (χ0n) is 9.22. The lowest BCUT2D eigenvalue weighted by Gasteiger charge is -2.06. The van der Waals surface area contributed by atoms with Crippen LogP contribution in [0.1, 0.15) is 0 Å².